The molecule has 4 heterocycles. The molecule has 0 radical (unpaired) electrons. The first-order valence-electron chi connectivity index (χ1n) is 9.49. The number of thioether (sulfide) groups is 2. The number of β-lactam (4-membered cyclic amide) rings is 1. The minimum atomic E-state index is -1.45. The average Bonchev–Trinajstić information content (AvgIpc) is 3.47. The summed E-state index contributed by atoms with van der Waals surface area (Å²) in [4.78, 5) is 47.5. The Balaban J connectivity index is 1.48. The van der Waals surface area contributed by atoms with Crippen molar-refractivity contribution in [3.63, 3.8) is 0 Å². The second-order valence-electron chi connectivity index (χ2n) is 6.71. The van der Waals surface area contributed by atoms with Gasteiger partial charge in [-0.15, -0.1) is 33.3 Å². The van der Waals surface area contributed by atoms with Crippen molar-refractivity contribution >= 4 is 80.0 Å². The number of anilines is 2. The lowest BCUT2D eigenvalue weighted by molar-refractivity contribution is -0.301. The Bertz CT molecular complexity index is 1190. The van der Waals surface area contributed by atoms with Crippen LogP contribution in [0.3, 0.4) is 0 Å². The van der Waals surface area contributed by atoms with Gasteiger partial charge >= 0.3 is 0 Å². The first-order valence-corrected chi connectivity index (χ1v) is 13.2. The van der Waals surface area contributed by atoms with Gasteiger partial charge in [0.15, 0.2) is 15.2 Å². The Morgan fingerprint density at radius 2 is 2.24 bits per heavy atom. The number of aliphatic carboxylic acids is 1. The van der Waals surface area contributed by atoms with E-state index in [0.717, 1.165) is 16.2 Å². The highest BCUT2D eigenvalue weighted by atomic mass is 32.2. The van der Waals surface area contributed by atoms with Crippen LogP contribution in [0.1, 0.15) is 5.69 Å². The largest absolute Gasteiger partial charge is 0.543 e. The zero-order chi connectivity index (χ0) is 24.4. The molecule has 4 rings (SSSR count). The second-order valence-corrected chi connectivity index (χ2v) is 10.9. The maximum Gasteiger partial charge on any atom is 0.276 e. The van der Waals surface area contributed by atoms with Gasteiger partial charge in [-0.2, -0.15) is 0 Å². The number of nitrogen functional groups attached to an aromatic ring is 1. The standard InChI is InChI=1S/C17H18N8O5S4/c1-19-16-22-23-17(34-16)33-4-6-3-31-13-9(12(27)25(13)10(6)14(28)29)21-11(26)8(24-30-2)7-5-32-15(18)20-7/h5,9,13H,3-4H2,1-2H3,(H2,18,20)(H,19,22)(H,21,26)(H,28,29)/p-1. The first-order chi connectivity index (χ1) is 16.3. The molecular weight excluding hydrogens is 525 g/mol. The molecule has 2 aliphatic heterocycles. The molecule has 2 aliphatic rings. The van der Waals surface area contributed by atoms with Gasteiger partial charge in [-0.05, 0) is 5.57 Å². The summed E-state index contributed by atoms with van der Waals surface area (Å²) in [7, 11) is 3.00. The number of carboxylic acids is 1. The van der Waals surface area contributed by atoms with E-state index in [2.05, 4.69) is 31.0 Å². The van der Waals surface area contributed by atoms with Crippen LogP contribution in [0.4, 0.5) is 10.3 Å². The van der Waals surface area contributed by atoms with Gasteiger partial charge in [0.2, 0.25) is 5.13 Å². The zero-order valence-corrected chi connectivity index (χ0v) is 20.9. The molecule has 1 fully saturated rings. The summed E-state index contributed by atoms with van der Waals surface area (Å²) >= 11 is 5.12. The van der Waals surface area contributed by atoms with Crippen LogP contribution in [0.5, 0.6) is 0 Å². The number of nitrogens with zero attached hydrogens (tertiary/aromatic N) is 5. The highest BCUT2D eigenvalue weighted by Crippen LogP contribution is 2.41. The average molecular weight is 542 g/mol. The van der Waals surface area contributed by atoms with E-state index in [-0.39, 0.29) is 22.2 Å². The SMILES string of the molecule is CNc1nnc(SCC2=C(C(=O)[O-])N3C(=O)C(NC(=O)C(=NOC)c4csc(N)n4)C3SC2)s1. The summed E-state index contributed by atoms with van der Waals surface area (Å²) in [6, 6.07) is -0.944. The van der Waals surface area contributed by atoms with Crippen LogP contribution in [0.2, 0.25) is 0 Å². The van der Waals surface area contributed by atoms with Crippen molar-refractivity contribution in [2.75, 3.05) is 36.7 Å². The van der Waals surface area contributed by atoms with Crippen LogP contribution < -0.4 is 21.5 Å². The predicted octanol–water partition coefficient (Wildman–Crippen LogP) is -0.835. The van der Waals surface area contributed by atoms with E-state index in [1.165, 1.54) is 47.4 Å². The Morgan fingerprint density at radius 1 is 1.44 bits per heavy atom. The maximum absolute atomic E-state index is 12.9. The number of thiazole rings is 1. The summed E-state index contributed by atoms with van der Waals surface area (Å²) in [6.07, 6.45) is 0. The first kappa shape index (κ1) is 24.2. The van der Waals surface area contributed by atoms with E-state index in [1.807, 2.05) is 0 Å². The molecule has 4 N–H and O–H groups in total. The molecule has 34 heavy (non-hydrogen) atoms. The fraction of sp³-hybridized carbons (Fsp3) is 0.353. The highest BCUT2D eigenvalue weighted by molar-refractivity contribution is 8.01. The fourth-order valence-corrected chi connectivity index (χ4v) is 6.94. The fourth-order valence-electron chi connectivity index (χ4n) is 3.20. The number of hydrogen-bond donors (Lipinski definition) is 3. The van der Waals surface area contributed by atoms with E-state index < -0.39 is 29.2 Å². The van der Waals surface area contributed by atoms with E-state index in [0.29, 0.717) is 26.6 Å². The summed E-state index contributed by atoms with van der Waals surface area (Å²) in [5, 5.41) is 30.9. The molecule has 0 spiro atoms. The number of fused-ring (bicyclic) bond motifs is 1. The normalized spacial score (nSPS) is 20.0. The van der Waals surface area contributed by atoms with Crippen LogP contribution >= 0.6 is 46.2 Å². The van der Waals surface area contributed by atoms with Gasteiger partial charge in [-0.25, -0.2) is 4.98 Å². The Morgan fingerprint density at radius 3 is 2.85 bits per heavy atom. The number of nitrogens with two attached hydrogens (primary N) is 1. The van der Waals surface area contributed by atoms with Crippen LogP contribution in [-0.4, -0.2) is 80.7 Å². The number of amides is 2. The van der Waals surface area contributed by atoms with Crippen molar-refractivity contribution in [3.05, 3.63) is 22.3 Å². The minimum absolute atomic E-state index is 0.145. The van der Waals surface area contributed by atoms with E-state index in [9.17, 15) is 19.5 Å². The molecule has 1 saturated heterocycles. The van der Waals surface area contributed by atoms with Crippen molar-refractivity contribution in [1.82, 2.24) is 25.4 Å². The van der Waals surface area contributed by atoms with Gasteiger partial charge < -0.3 is 31.1 Å². The molecule has 17 heteroatoms. The lowest BCUT2D eigenvalue weighted by atomic mass is 10.0. The van der Waals surface area contributed by atoms with Crippen LogP contribution in [-0.2, 0) is 19.2 Å². The summed E-state index contributed by atoms with van der Waals surface area (Å²) < 4.78 is 0.661. The van der Waals surface area contributed by atoms with Gasteiger partial charge in [0.25, 0.3) is 11.8 Å². The summed E-state index contributed by atoms with van der Waals surface area (Å²) in [6.45, 7) is 0. The molecular formula is C17H17N8O5S4-. The zero-order valence-electron chi connectivity index (χ0n) is 17.6. The number of rotatable bonds is 9. The molecule has 2 aromatic rings. The minimum Gasteiger partial charge on any atom is -0.543 e. The molecule has 2 aromatic heterocycles. The summed E-state index contributed by atoms with van der Waals surface area (Å²) in [5.74, 6) is -2.06. The van der Waals surface area contributed by atoms with Gasteiger partial charge in [0.05, 0.1) is 11.7 Å². The van der Waals surface area contributed by atoms with E-state index in [1.54, 1.807) is 7.05 Å². The second kappa shape index (κ2) is 10.2. The van der Waals surface area contributed by atoms with Crippen molar-refractivity contribution < 1.29 is 24.3 Å². The molecule has 0 aliphatic carbocycles. The molecule has 0 aromatic carbocycles. The van der Waals surface area contributed by atoms with Crippen molar-refractivity contribution in [2.45, 2.75) is 15.8 Å². The van der Waals surface area contributed by atoms with Gasteiger partial charge in [-0.3, -0.25) is 14.5 Å². The quantitative estimate of drug-likeness (QED) is 0.155. The van der Waals surface area contributed by atoms with Crippen molar-refractivity contribution in [1.29, 1.82) is 0 Å². The molecule has 180 valence electrons. The molecule has 2 atom stereocenters. The number of carbonyl (C=O) groups excluding carboxylic acids is 3. The number of carboxylic acid groups (broad SMARTS) is 1. The molecule has 0 bridgehead atoms. The maximum atomic E-state index is 12.9. The number of oxime groups is 1. The third-order valence-corrected chi connectivity index (χ3v) is 8.85. The monoisotopic (exact) mass is 541 g/mol. The van der Waals surface area contributed by atoms with Gasteiger partial charge in [-0.1, -0.05) is 28.3 Å². The summed E-state index contributed by atoms with van der Waals surface area (Å²) in [5.41, 5.74) is 6.04. The Labute approximate surface area is 209 Å². The van der Waals surface area contributed by atoms with Crippen molar-refractivity contribution in [3.8, 4) is 0 Å². The lowest BCUT2D eigenvalue weighted by Crippen LogP contribution is -2.71. The number of nitrogens with one attached hydrogen (secondary N) is 2. The predicted molar refractivity (Wildman–Crippen MR) is 127 cm³/mol. The smallest absolute Gasteiger partial charge is 0.276 e. The van der Waals surface area contributed by atoms with E-state index in [4.69, 9.17) is 10.6 Å². The molecule has 0 saturated carbocycles. The topological polar surface area (TPSA) is 188 Å². The van der Waals surface area contributed by atoms with Gasteiger partial charge in [0, 0.05) is 23.9 Å². The van der Waals surface area contributed by atoms with Crippen molar-refractivity contribution in [2.24, 2.45) is 5.16 Å². The number of hydrogen-bond acceptors (Lipinski definition) is 15. The highest BCUT2D eigenvalue weighted by Gasteiger charge is 2.53. The van der Waals surface area contributed by atoms with E-state index >= 15 is 0 Å². The number of aromatic nitrogens is 3. The number of carbonyl (C=O) groups is 3. The van der Waals surface area contributed by atoms with Crippen LogP contribution in [0, 0.1) is 0 Å². The lowest BCUT2D eigenvalue weighted by Gasteiger charge is -2.50. The third-order valence-electron chi connectivity index (χ3n) is 4.68. The van der Waals surface area contributed by atoms with Crippen LogP contribution in [0.25, 0.3) is 0 Å². The third kappa shape index (κ3) is 4.68. The molecule has 2 unspecified atom stereocenters. The molecule has 13 nitrogen and oxygen atoms in total. The van der Waals surface area contributed by atoms with Crippen LogP contribution in [0.15, 0.2) is 26.1 Å². The van der Waals surface area contributed by atoms with Gasteiger partial charge in [0.1, 0.15) is 24.2 Å². The Kier molecular flexibility index (Phi) is 7.24. The Hall–Kier alpha value is -2.89. The molecule has 2 amide bonds.